The average Bonchev–Trinajstić information content (AvgIpc) is 2.01. The Balaban J connectivity index is 3.00. The van der Waals surface area contributed by atoms with Crippen LogP contribution in [0.5, 0.6) is 0 Å². The number of unbranched alkanes of at least 4 members (excludes halogenated alkanes) is 1. The number of halogens is 3. The maximum atomic E-state index is 11.5. The number of hydrogen-bond acceptors (Lipinski definition) is 3. The van der Waals surface area contributed by atoms with Gasteiger partial charge in [0.25, 0.3) is 0 Å². The highest BCUT2D eigenvalue weighted by atomic mass is 19.4. The van der Waals surface area contributed by atoms with E-state index in [1.807, 2.05) is 0 Å². The molecule has 0 aromatic rings. The number of hydroxylamine groups is 1. The van der Waals surface area contributed by atoms with E-state index in [2.05, 4.69) is 10.3 Å². The van der Waals surface area contributed by atoms with Crippen molar-refractivity contribution < 1.29 is 22.7 Å². The molecule has 0 aromatic heterocycles. The van der Waals surface area contributed by atoms with Crippen molar-refractivity contribution in [1.82, 2.24) is 5.48 Å². The molecule has 0 saturated heterocycles. The molecule has 0 aliphatic carbocycles. The maximum Gasteiger partial charge on any atom is 0.413 e. The van der Waals surface area contributed by atoms with Crippen LogP contribution in [0.3, 0.4) is 0 Å². The van der Waals surface area contributed by atoms with Gasteiger partial charge in [0.1, 0.15) is 0 Å². The molecule has 80 valence electrons. The highest BCUT2D eigenvalue weighted by molar-refractivity contribution is 4.44. The average molecular weight is 201 g/mol. The molecular formula is C7H14F3NO2. The second-order valence-electron chi connectivity index (χ2n) is 2.50. The standard InChI is InChI=1S/C7H14F3NO2/c1-12-5-3-2-4-11-13-6-7(8,9)10/h11H,2-6H2,1H3. The molecule has 0 unspecified atom stereocenters. The third-order valence-corrected chi connectivity index (χ3v) is 1.22. The number of rotatable bonds is 7. The summed E-state index contributed by atoms with van der Waals surface area (Å²) in [5.74, 6) is 0. The van der Waals surface area contributed by atoms with Gasteiger partial charge in [-0.1, -0.05) is 0 Å². The van der Waals surface area contributed by atoms with Gasteiger partial charge in [-0.25, -0.2) is 5.48 Å². The minimum absolute atomic E-state index is 0.402. The number of nitrogens with one attached hydrogen (secondary N) is 1. The van der Waals surface area contributed by atoms with Crippen LogP contribution in [0, 0.1) is 0 Å². The molecule has 3 nitrogen and oxygen atoms in total. The van der Waals surface area contributed by atoms with Crippen LogP contribution in [0.4, 0.5) is 13.2 Å². The van der Waals surface area contributed by atoms with Gasteiger partial charge in [-0.2, -0.15) is 13.2 Å². The topological polar surface area (TPSA) is 30.5 Å². The molecule has 0 bridgehead atoms. The van der Waals surface area contributed by atoms with Crippen molar-refractivity contribution in [1.29, 1.82) is 0 Å². The molecule has 0 atom stereocenters. The second kappa shape index (κ2) is 7.11. The third kappa shape index (κ3) is 11.7. The summed E-state index contributed by atoms with van der Waals surface area (Å²) < 4.78 is 39.3. The molecule has 1 N–H and O–H groups in total. The molecule has 0 aliphatic rings. The molecule has 0 saturated carbocycles. The predicted octanol–water partition coefficient (Wildman–Crippen LogP) is 1.50. The van der Waals surface area contributed by atoms with Crippen molar-refractivity contribution in [3.05, 3.63) is 0 Å². The molecule has 0 radical (unpaired) electrons. The molecule has 0 fully saturated rings. The molecule has 0 rings (SSSR count). The van der Waals surface area contributed by atoms with Crippen LogP contribution in [-0.4, -0.2) is 33.0 Å². The summed E-state index contributed by atoms with van der Waals surface area (Å²) in [6.45, 7) is -0.238. The SMILES string of the molecule is COCCCCNOCC(F)(F)F. The lowest BCUT2D eigenvalue weighted by atomic mass is 10.3. The van der Waals surface area contributed by atoms with E-state index >= 15 is 0 Å². The lowest BCUT2D eigenvalue weighted by Crippen LogP contribution is -2.25. The summed E-state index contributed by atoms with van der Waals surface area (Å²) in [6, 6.07) is 0. The Bertz CT molecular complexity index is 119. The van der Waals surface area contributed by atoms with Crippen LogP contribution in [0.15, 0.2) is 0 Å². The van der Waals surface area contributed by atoms with E-state index in [0.717, 1.165) is 12.8 Å². The van der Waals surface area contributed by atoms with Crippen molar-refractivity contribution in [2.24, 2.45) is 0 Å². The van der Waals surface area contributed by atoms with Crippen molar-refractivity contribution >= 4 is 0 Å². The zero-order valence-corrected chi connectivity index (χ0v) is 7.49. The smallest absolute Gasteiger partial charge is 0.385 e. The fourth-order valence-corrected chi connectivity index (χ4v) is 0.649. The minimum Gasteiger partial charge on any atom is -0.385 e. The van der Waals surface area contributed by atoms with Gasteiger partial charge in [0.15, 0.2) is 6.61 Å². The van der Waals surface area contributed by atoms with Crippen LogP contribution in [-0.2, 0) is 9.57 Å². The van der Waals surface area contributed by atoms with Crippen molar-refractivity contribution in [2.75, 3.05) is 26.9 Å². The van der Waals surface area contributed by atoms with E-state index in [0.29, 0.717) is 13.2 Å². The Morgan fingerprint density at radius 3 is 2.46 bits per heavy atom. The summed E-state index contributed by atoms with van der Waals surface area (Å²) in [5, 5.41) is 0. The van der Waals surface area contributed by atoms with Crippen LogP contribution >= 0.6 is 0 Å². The van der Waals surface area contributed by atoms with Gasteiger partial charge in [-0.3, -0.25) is 4.84 Å². The Hall–Kier alpha value is -0.330. The van der Waals surface area contributed by atoms with E-state index in [1.54, 1.807) is 7.11 Å². The quantitative estimate of drug-likeness (QED) is 0.500. The zero-order chi connectivity index (χ0) is 10.2. The Kier molecular flexibility index (Phi) is 6.93. The van der Waals surface area contributed by atoms with Crippen molar-refractivity contribution in [2.45, 2.75) is 19.0 Å². The largest absolute Gasteiger partial charge is 0.413 e. The van der Waals surface area contributed by atoms with E-state index in [-0.39, 0.29) is 0 Å². The molecule has 0 heterocycles. The maximum absolute atomic E-state index is 11.5. The summed E-state index contributed by atoms with van der Waals surface area (Å²) in [4.78, 5) is 4.16. The summed E-state index contributed by atoms with van der Waals surface area (Å²) >= 11 is 0. The Labute approximate surface area is 75.2 Å². The van der Waals surface area contributed by atoms with Crippen molar-refractivity contribution in [3.8, 4) is 0 Å². The van der Waals surface area contributed by atoms with Crippen molar-refractivity contribution in [3.63, 3.8) is 0 Å². The van der Waals surface area contributed by atoms with E-state index in [9.17, 15) is 13.2 Å². The van der Waals surface area contributed by atoms with Gasteiger partial charge >= 0.3 is 6.18 Å². The normalized spacial score (nSPS) is 12.0. The number of methoxy groups -OCH3 is 1. The van der Waals surface area contributed by atoms with Crippen LogP contribution in [0.2, 0.25) is 0 Å². The first-order valence-corrected chi connectivity index (χ1v) is 3.96. The van der Waals surface area contributed by atoms with Crippen LogP contribution in [0.25, 0.3) is 0 Å². The molecule has 6 heteroatoms. The molecular weight excluding hydrogens is 187 g/mol. The fraction of sp³-hybridized carbons (Fsp3) is 1.00. The lowest BCUT2D eigenvalue weighted by molar-refractivity contribution is -0.189. The summed E-state index contributed by atoms with van der Waals surface area (Å²) in [7, 11) is 1.58. The van der Waals surface area contributed by atoms with Gasteiger partial charge < -0.3 is 4.74 Å². The summed E-state index contributed by atoms with van der Waals surface area (Å²) in [5.41, 5.74) is 2.23. The predicted molar refractivity (Wildman–Crippen MR) is 41.1 cm³/mol. The van der Waals surface area contributed by atoms with Gasteiger partial charge in [0, 0.05) is 20.3 Å². The van der Waals surface area contributed by atoms with Gasteiger partial charge in [-0.15, -0.1) is 0 Å². The zero-order valence-electron chi connectivity index (χ0n) is 7.49. The first kappa shape index (κ1) is 12.7. The molecule has 13 heavy (non-hydrogen) atoms. The number of ether oxygens (including phenoxy) is 1. The van der Waals surface area contributed by atoms with Gasteiger partial charge in [0.05, 0.1) is 0 Å². The summed E-state index contributed by atoms with van der Waals surface area (Å²) in [6.07, 6.45) is -2.73. The molecule has 0 spiro atoms. The monoisotopic (exact) mass is 201 g/mol. The molecule has 0 aliphatic heterocycles. The van der Waals surface area contributed by atoms with E-state index < -0.39 is 12.8 Å². The fourth-order valence-electron chi connectivity index (χ4n) is 0.649. The minimum atomic E-state index is -4.26. The second-order valence-corrected chi connectivity index (χ2v) is 2.50. The highest BCUT2D eigenvalue weighted by Crippen LogP contribution is 2.13. The first-order valence-electron chi connectivity index (χ1n) is 3.96. The van der Waals surface area contributed by atoms with E-state index in [4.69, 9.17) is 4.74 Å². The Morgan fingerprint density at radius 1 is 1.23 bits per heavy atom. The number of hydrogen-bond donors (Lipinski definition) is 1. The number of alkyl halides is 3. The molecule has 0 amide bonds. The lowest BCUT2D eigenvalue weighted by Gasteiger charge is -2.07. The third-order valence-electron chi connectivity index (χ3n) is 1.22. The van der Waals surface area contributed by atoms with Crippen LogP contribution < -0.4 is 5.48 Å². The van der Waals surface area contributed by atoms with Crippen LogP contribution in [0.1, 0.15) is 12.8 Å². The molecule has 0 aromatic carbocycles. The Morgan fingerprint density at radius 2 is 1.92 bits per heavy atom. The first-order chi connectivity index (χ1) is 6.06. The van der Waals surface area contributed by atoms with Gasteiger partial charge in [0.2, 0.25) is 0 Å². The van der Waals surface area contributed by atoms with Gasteiger partial charge in [-0.05, 0) is 12.8 Å². The van der Waals surface area contributed by atoms with E-state index in [1.165, 1.54) is 0 Å². The highest BCUT2D eigenvalue weighted by Gasteiger charge is 2.27.